The lowest BCUT2D eigenvalue weighted by atomic mass is 10.1. The van der Waals surface area contributed by atoms with Crippen LogP contribution in [0.1, 0.15) is 24.2 Å². The summed E-state index contributed by atoms with van der Waals surface area (Å²) in [4.78, 5) is 14.9. The number of rotatable bonds is 4. The average Bonchev–Trinajstić information content (AvgIpc) is 2.72. The van der Waals surface area contributed by atoms with Crippen LogP contribution in [-0.2, 0) is 6.54 Å². The number of nitrogens with zero attached hydrogens (tertiary/aromatic N) is 3. The maximum absolute atomic E-state index is 13.2. The third-order valence-corrected chi connectivity index (χ3v) is 2.52. The highest BCUT2D eigenvalue weighted by atomic mass is 19.1. The van der Waals surface area contributed by atoms with E-state index in [0.29, 0.717) is 18.0 Å². The molecule has 5 nitrogen and oxygen atoms in total. The molecule has 0 atom stereocenters. The molecule has 0 saturated heterocycles. The second kappa shape index (κ2) is 5.17. The molecule has 0 saturated carbocycles. The zero-order chi connectivity index (χ0) is 14.0. The number of halogens is 1. The second-order valence-electron chi connectivity index (χ2n) is 4.70. The minimum Gasteiger partial charge on any atom is -0.478 e. The van der Waals surface area contributed by atoms with Crippen molar-refractivity contribution in [1.82, 2.24) is 14.8 Å². The summed E-state index contributed by atoms with van der Waals surface area (Å²) >= 11 is 0. The lowest BCUT2D eigenvalue weighted by Gasteiger charge is -2.03. The first kappa shape index (κ1) is 13.2. The van der Waals surface area contributed by atoms with Crippen LogP contribution in [0, 0.1) is 11.7 Å². The fourth-order valence-corrected chi connectivity index (χ4v) is 1.80. The van der Waals surface area contributed by atoms with E-state index in [4.69, 9.17) is 0 Å². The molecule has 2 heterocycles. The molecule has 19 heavy (non-hydrogen) atoms. The van der Waals surface area contributed by atoms with Gasteiger partial charge in [0.25, 0.3) is 0 Å². The van der Waals surface area contributed by atoms with Gasteiger partial charge in [-0.1, -0.05) is 13.8 Å². The van der Waals surface area contributed by atoms with Gasteiger partial charge in [0.15, 0.2) is 0 Å². The standard InChI is InChI=1S/C13H14FN3O2/c1-8(2)6-17-7-11(13(18)19)12(16-17)9-3-10(14)5-15-4-9/h3-5,7-8H,6H2,1-2H3,(H,18,19). The van der Waals surface area contributed by atoms with Crippen LogP contribution in [0.5, 0.6) is 0 Å². The fourth-order valence-electron chi connectivity index (χ4n) is 1.80. The normalized spacial score (nSPS) is 10.9. The predicted molar refractivity (Wildman–Crippen MR) is 67.2 cm³/mol. The van der Waals surface area contributed by atoms with Crippen molar-refractivity contribution < 1.29 is 14.3 Å². The van der Waals surface area contributed by atoms with Gasteiger partial charge >= 0.3 is 5.97 Å². The van der Waals surface area contributed by atoms with Crippen LogP contribution in [0.15, 0.2) is 24.7 Å². The Morgan fingerprint density at radius 2 is 2.21 bits per heavy atom. The third kappa shape index (κ3) is 2.96. The van der Waals surface area contributed by atoms with E-state index >= 15 is 0 Å². The van der Waals surface area contributed by atoms with Crippen LogP contribution in [0.25, 0.3) is 11.3 Å². The Morgan fingerprint density at radius 1 is 1.47 bits per heavy atom. The smallest absolute Gasteiger partial charge is 0.339 e. The number of carboxylic acids is 1. The first-order chi connectivity index (χ1) is 8.97. The van der Waals surface area contributed by atoms with Crippen LogP contribution in [-0.4, -0.2) is 25.8 Å². The van der Waals surface area contributed by atoms with Gasteiger partial charge in [0.2, 0.25) is 0 Å². The molecule has 0 aromatic carbocycles. The van der Waals surface area contributed by atoms with Crippen LogP contribution < -0.4 is 0 Å². The monoisotopic (exact) mass is 263 g/mol. The summed E-state index contributed by atoms with van der Waals surface area (Å²) in [6.07, 6.45) is 3.93. The van der Waals surface area contributed by atoms with Crippen LogP contribution in [0.2, 0.25) is 0 Å². The molecule has 0 aliphatic rings. The average molecular weight is 263 g/mol. The summed E-state index contributed by atoms with van der Waals surface area (Å²) in [5, 5.41) is 13.4. The van der Waals surface area contributed by atoms with Gasteiger partial charge in [-0.3, -0.25) is 9.67 Å². The predicted octanol–water partition coefficient (Wildman–Crippen LogP) is 2.44. The number of pyridine rings is 1. The van der Waals surface area contributed by atoms with E-state index in [-0.39, 0.29) is 11.3 Å². The molecule has 2 aromatic heterocycles. The summed E-state index contributed by atoms with van der Waals surface area (Å²) in [6.45, 7) is 4.61. The Labute approximate surface area is 109 Å². The molecule has 0 amide bonds. The Balaban J connectivity index is 2.49. The molecular weight excluding hydrogens is 249 g/mol. The molecule has 0 aliphatic heterocycles. The first-order valence-electron chi connectivity index (χ1n) is 5.89. The van der Waals surface area contributed by atoms with Gasteiger partial charge in [-0.25, -0.2) is 9.18 Å². The van der Waals surface area contributed by atoms with Crippen molar-refractivity contribution in [3.8, 4) is 11.3 Å². The first-order valence-corrected chi connectivity index (χ1v) is 5.89. The summed E-state index contributed by atoms with van der Waals surface area (Å²) in [5.41, 5.74) is 0.646. The second-order valence-corrected chi connectivity index (χ2v) is 4.70. The number of hydrogen-bond acceptors (Lipinski definition) is 3. The van der Waals surface area contributed by atoms with E-state index in [1.54, 1.807) is 4.68 Å². The van der Waals surface area contributed by atoms with E-state index in [0.717, 1.165) is 6.20 Å². The van der Waals surface area contributed by atoms with E-state index in [1.165, 1.54) is 18.5 Å². The minimum absolute atomic E-state index is 0.0491. The van der Waals surface area contributed by atoms with Crippen LogP contribution in [0.3, 0.4) is 0 Å². The zero-order valence-corrected chi connectivity index (χ0v) is 10.7. The van der Waals surface area contributed by atoms with Crippen molar-refractivity contribution in [2.75, 3.05) is 0 Å². The van der Waals surface area contributed by atoms with Gasteiger partial charge in [0.05, 0.1) is 6.20 Å². The van der Waals surface area contributed by atoms with Crippen molar-refractivity contribution in [3.63, 3.8) is 0 Å². The van der Waals surface area contributed by atoms with Crippen LogP contribution in [0.4, 0.5) is 4.39 Å². The molecule has 0 fully saturated rings. The summed E-state index contributed by atoms with van der Waals surface area (Å²) in [7, 11) is 0. The summed E-state index contributed by atoms with van der Waals surface area (Å²) in [6, 6.07) is 1.22. The molecule has 0 bridgehead atoms. The molecule has 0 radical (unpaired) electrons. The minimum atomic E-state index is -1.09. The molecule has 2 rings (SSSR count). The number of aromatic nitrogens is 3. The van der Waals surface area contributed by atoms with Gasteiger partial charge in [0, 0.05) is 24.5 Å². The molecule has 0 aliphatic carbocycles. The number of aromatic carboxylic acids is 1. The Morgan fingerprint density at radius 3 is 2.79 bits per heavy atom. The van der Waals surface area contributed by atoms with E-state index in [1.807, 2.05) is 13.8 Å². The maximum Gasteiger partial charge on any atom is 0.339 e. The Hall–Kier alpha value is -2.24. The van der Waals surface area contributed by atoms with Crippen LogP contribution >= 0.6 is 0 Å². The summed E-state index contributed by atoms with van der Waals surface area (Å²) in [5.74, 6) is -1.28. The topological polar surface area (TPSA) is 68.0 Å². The van der Waals surface area contributed by atoms with Crippen molar-refractivity contribution in [2.24, 2.45) is 5.92 Å². The van der Waals surface area contributed by atoms with Crippen molar-refractivity contribution in [3.05, 3.63) is 36.0 Å². The highest BCUT2D eigenvalue weighted by Crippen LogP contribution is 2.22. The Kier molecular flexibility index (Phi) is 3.59. The largest absolute Gasteiger partial charge is 0.478 e. The van der Waals surface area contributed by atoms with Gasteiger partial charge in [-0.15, -0.1) is 0 Å². The number of carbonyl (C=O) groups is 1. The fraction of sp³-hybridized carbons (Fsp3) is 0.308. The van der Waals surface area contributed by atoms with Crippen molar-refractivity contribution >= 4 is 5.97 Å². The van der Waals surface area contributed by atoms with Gasteiger partial charge < -0.3 is 5.11 Å². The van der Waals surface area contributed by atoms with E-state index in [2.05, 4.69) is 10.1 Å². The molecule has 2 aromatic rings. The molecule has 100 valence electrons. The number of carboxylic acid groups (broad SMARTS) is 1. The quantitative estimate of drug-likeness (QED) is 0.919. The highest BCUT2D eigenvalue weighted by Gasteiger charge is 2.18. The van der Waals surface area contributed by atoms with E-state index in [9.17, 15) is 14.3 Å². The lowest BCUT2D eigenvalue weighted by Crippen LogP contribution is -2.04. The SMILES string of the molecule is CC(C)Cn1cc(C(=O)O)c(-c2cncc(F)c2)n1. The molecule has 0 spiro atoms. The molecular formula is C13H14FN3O2. The highest BCUT2D eigenvalue weighted by molar-refractivity contribution is 5.94. The zero-order valence-electron chi connectivity index (χ0n) is 10.7. The molecule has 0 unspecified atom stereocenters. The third-order valence-electron chi connectivity index (χ3n) is 2.52. The number of hydrogen-bond donors (Lipinski definition) is 1. The van der Waals surface area contributed by atoms with Crippen molar-refractivity contribution in [1.29, 1.82) is 0 Å². The maximum atomic E-state index is 13.2. The molecule has 6 heteroatoms. The summed E-state index contributed by atoms with van der Waals surface area (Å²) < 4.78 is 14.7. The lowest BCUT2D eigenvalue weighted by molar-refractivity contribution is 0.0697. The van der Waals surface area contributed by atoms with Gasteiger partial charge in [-0.2, -0.15) is 5.10 Å². The van der Waals surface area contributed by atoms with Gasteiger partial charge in [0.1, 0.15) is 17.1 Å². The van der Waals surface area contributed by atoms with Gasteiger partial charge in [-0.05, 0) is 12.0 Å². The van der Waals surface area contributed by atoms with Crippen molar-refractivity contribution in [2.45, 2.75) is 20.4 Å². The Bertz CT molecular complexity index is 608. The molecule has 1 N–H and O–H groups in total. The van der Waals surface area contributed by atoms with E-state index < -0.39 is 11.8 Å².